The van der Waals surface area contributed by atoms with Gasteiger partial charge in [0.2, 0.25) is 0 Å². The summed E-state index contributed by atoms with van der Waals surface area (Å²) in [5.74, 6) is 2.77. The van der Waals surface area contributed by atoms with Crippen molar-refractivity contribution in [2.45, 2.75) is 130 Å². The summed E-state index contributed by atoms with van der Waals surface area (Å²) in [6.07, 6.45) is 10.3. The molecule has 0 aliphatic carbocycles. The van der Waals surface area contributed by atoms with Gasteiger partial charge < -0.3 is 35.4 Å². The van der Waals surface area contributed by atoms with Crippen LogP contribution in [-0.4, -0.2) is 95.6 Å². The zero-order chi connectivity index (χ0) is 36.0. The summed E-state index contributed by atoms with van der Waals surface area (Å²) in [4.78, 5) is 12.4. The van der Waals surface area contributed by atoms with Crippen LogP contribution >= 0.6 is 24.4 Å². The van der Waals surface area contributed by atoms with Crippen molar-refractivity contribution < 1.29 is 40.2 Å². The van der Waals surface area contributed by atoms with Crippen molar-refractivity contribution in [3.05, 3.63) is 0 Å². The molecule has 2 heterocycles. The van der Waals surface area contributed by atoms with Crippen molar-refractivity contribution in [3.8, 4) is 0 Å². The molecule has 0 amide bonds. The largest absolute Gasteiger partial charge is 0.501 e. The highest BCUT2D eigenvalue weighted by Gasteiger charge is 2.45. The number of hydrogen-bond acceptors (Lipinski definition) is 11. The smallest absolute Gasteiger partial charge is 0.394 e. The topological polar surface area (TPSA) is 90.9 Å². The van der Waals surface area contributed by atoms with E-state index in [9.17, 15) is 4.79 Å². The molecule has 0 radical (unpaired) electrons. The Labute approximate surface area is 313 Å². The number of unbranched alkanes of at least 4 members (excludes halogenated alkanes) is 4. The first-order valence-electron chi connectivity index (χ1n) is 19.4. The normalized spacial score (nSPS) is 27.3. The molecule has 2 aliphatic rings. The molecule has 0 aromatic carbocycles. The summed E-state index contributed by atoms with van der Waals surface area (Å²) in [7, 11) is -7.93. The molecule has 0 spiro atoms. The number of rotatable bonds is 27. The zero-order valence-corrected chi connectivity index (χ0v) is 36.8. The van der Waals surface area contributed by atoms with Crippen LogP contribution in [-0.2, 0) is 40.2 Å². The van der Waals surface area contributed by atoms with Gasteiger partial charge in [0.1, 0.15) is 0 Å². The van der Waals surface area contributed by atoms with E-state index >= 15 is 0 Å². The van der Waals surface area contributed by atoms with E-state index < -0.39 is 26.2 Å². The molecule has 49 heavy (non-hydrogen) atoms. The van der Waals surface area contributed by atoms with Crippen LogP contribution in [0, 0.1) is 23.7 Å². The van der Waals surface area contributed by atoms with Crippen molar-refractivity contribution in [3.63, 3.8) is 0 Å². The van der Waals surface area contributed by atoms with E-state index in [1.54, 1.807) is 0 Å². The maximum absolute atomic E-state index is 12.4. The third-order valence-electron chi connectivity index (χ3n) is 8.94. The van der Waals surface area contributed by atoms with Gasteiger partial charge in [-0.2, -0.15) is 12.6 Å². The summed E-state index contributed by atoms with van der Waals surface area (Å²) in [6, 6.07) is 2.47. The van der Waals surface area contributed by atoms with Gasteiger partial charge in [0, 0.05) is 94.9 Å². The van der Waals surface area contributed by atoms with Gasteiger partial charge in [0.05, 0.1) is 0 Å². The highest BCUT2D eigenvalue weighted by Crippen LogP contribution is 2.28. The van der Waals surface area contributed by atoms with Gasteiger partial charge in [-0.25, -0.2) is 0 Å². The minimum atomic E-state index is -2.81. The summed E-state index contributed by atoms with van der Waals surface area (Å²) in [5, 5.41) is 0.298. The van der Waals surface area contributed by atoms with Crippen LogP contribution in [0.3, 0.4) is 0 Å². The van der Waals surface area contributed by atoms with E-state index in [1.165, 1.54) is 31.0 Å². The fraction of sp³-hybridized carbons (Fsp3) is 0.971. The fourth-order valence-corrected chi connectivity index (χ4v) is 15.3. The first-order valence-corrected chi connectivity index (χ1v) is 27.4. The monoisotopic (exact) mass is 784 g/mol. The van der Waals surface area contributed by atoms with Crippen LogP contribution in [0.25, 0.3) is 0 Å². The predicted octanol–water partition coefficient (Wildman–Crippen LogP) is 8.77. The highest BCUT2D eigenvalue weighted by molar-refractivity contribution is 8.13. The van der Waals surface area contributed by atoms with E-state index in [0.717, 1.165) is 68.2 Å². The van der Waals surface area contributed by atoms with Crippen LogP contribution in [0.1, 0.15) is 106 Å². The zero-order valence-electron chi connectivity index (χ0n) is 32.1. The minimum absolute atomic E-state index is 0.151. The molecule has 0 aromatic rings. The second-order valence-electron chi connectivity index (χ2n) is 14.8. The van der Waals surface area contributed by atoms with Gasteiger partial charge in [-0.15, -0.1) is 0 Å². The van der Waals surface area contributed by atoms with Gasteiger partial charge in [0.15, 0.2) is 5.12 Å². The van der Waals surface area contributed by atoms with Crippen LogP contribution in [0.4, 0.5) is 0 Å². The third-order valence-corrected chi connectivity index (χ3v) is 18.8. The molecule has 2 fully saturated rings. The van der Waals surface area contributed by atoms with E-state index in [2.05, 4.69) is 60.7 Å². The first kappa shape index (κ1) is 45.9. The number of thiol groups is 1. The van der Waals surface area contributed by atoms with Crippen LogP contribution in [0.15, 0.2) is 0 Å². The minimum Gasteiger partial charge on any atom is -0.394 e. The molecular formula is C35H72O9S2Si3. The lowest BCUT2D eigenvalue weighted by Crippen LogP contribution is -2.52. The van der Waals surface area contributed by atoms with Crippen molar-refractivity contribution in [2.24, 2.45) is 23.7 Å². The molecule has 2 saturated heterocycles. The maximum Gasteiger partial charge on any atom is 0.501 e. The van der Waals surface area contributed by atoms with Crippen LogP contribution < -0.4 is 0 Å². The average Bonchev–Trinajstić information content (AvgIpc) is 3.28. The van der Waals surface area contributed by atoms with Crippen molar-refractivity contribution in [1.29, 1.82) is 0 Å². The van der Waals surface area contributed by atoms with Crippen molar-refractivity contribution in [2.75, 3.05) is 64.4 Å². The van der Waals surface area contributed by atoms with E-state index in [4.69, 9.17) is 35.4 Å². The molecule has 2 aliphatic heterocycles. The summed E-state index contributed by atoms with van der Waals surface area (Å²) in [6.45, 7) is 20.1. The number of carbonyl (C=O) groups excluding carboxylic acids is 1. The number of hydrogen-bond donors (Lipinski definition) is 1. The molecular weight excluding hydrogens is 713 g/mol. The van der Waals surface area contributed by atoms with Gasteiger partial charge in [-0.3, -0.25) is 4.79 Å². The van der Waals surface area contributed by atoms with Gasteiger partial charge in [0.25, 0.3) is 0 Å². The van der Waals surface area contributed by atoms with E-state index in [0.29, 0.717) is 76.2 Å². The first-order chi connectivity index (χ1) is 23.5. The molecule has 0 bridgehead atoms. The molecule has 2 rings (SSSR count). The lowest BCUT2D eigenvalue weighted by atomic mass is 10.1. The predicted molar refractivity (Wildman–Crippen MR) is 211 cm³/mol. The molecule has 0 N–H and O–H groups in total. The molecule has 5 atom stereocenters. The Kier molecular flexibility index (Phi) is 24.0. The number of carbonyl (C=O) groups is 1. The molecule has 290 valence electrons. The lowest BCUT2D eigenvalue weighted by molar-refractivity contribution is -0.111. The SMILES string of the molecule is CCCCCCCC(=O)SCCC[Si]1(OCC(C)CO[Si](C)(CCCS)OCC(C)CO[Si]2(CCC)OCCC(C)CO2)OCC(C)CO1. The van der Waals surface area contributed by atoms with Gasteiger partial charge in [-0.1, -0.05) is 85.4 Å². The second-order valence-corrected chi connectivity index (χ2v) is 25.2. The average molecular weight is 785 g/mol. The maximum atomic E-state index is 12.4. The molecule has 9 nitrogen and oxygen atoms in total. The molecule has 0 aromatic heterocycles. The Morgan fingerprint density at radius 1 is 0.796 bits per heavy atom. The van der Waals surface area contributed by atoms with Crippen LogP contribution in [0.5, 0.6) is 0 Å². The van der Waals surface area contributed by atoms with Gasteiger partial charge in [-0.05, 0) is 49.9 Å². The van der Waals surface area contributed by atoms with Crippen LogP contribution in [0.2, 0.25) is 24.7 Å². The van der Waals surface area contributed by atoms with E-state index in [1.807, 2.05) is 0 Å². The quantitative estimate of drug-likeness (QED) is 0.0496. The highest BCUT2D eigenvalue weighted by atomic mass is 32.2. The lowest BCUT2D eigenvalue weighted by Gasteiger charge is -2.36. The second kappa shape index (κ2) is 25.7. The Morgan fingerprint density at radius 2 is 1.39 bits per heavy atom. The van der Waals surface area contributed by atoms with Gasteiger partial charge >= 0.3 is 26.2 Å². The van der Waals surface area contributed by atoms with Crippen molar-refractivity contribution >= 4 is 55.7 Å². The summed E-state index contributed by atoms with van der Waals surface area (Å²) >= 11 is 5.92. The van der Waals surface area contributed by atoms with Crippen molar-refractivity contribution in [1.82, 2.24) is 0 Å². The Balaban J connectivity index is 1.82. The molecule has 0 saturated carbocycles. The fourth-order valence-electron chi connectivity index (χ4n) is 5.62. The number of thioether (sulfide) groups is 1. The third kappa shape index (κ3) is 19.6. The Hall–Kier alpha value is 0.701. The molecule has 14 heteroatoms. The standard InChI is InChI=1S/C35H72O9S2Si3/c1-8-10-11-12-13-16-35(36)46-20-15-23-49(43-29-34(6)30-44-49)42-28-33(5)26-39-47(7,22-14-19-45)38-25-32(4)27-41-48(21-9-2)37-18-17-31(3)24-40-48/h31-34,45H,8-30H2,1-7H3. The molecule has 5 unspecified atom stereocenters. The Morgan fingerprint density at radius 3 is 1.98 bits per heavy atom. The van der Waals surface area contributed by atoms with E-state index in [-0.39, 0.29) is 11.8 Å². The summed E-state index contributed by atoms with van der Waals surface area (Å²) < 4.78 is 51.3. The summed E-state index contributed by atoms with van der Waals surface area (Å²) in [5.41, 5.74) is 0. The Bertz CT molecular complexity index is 874.